The average Bonchev–Trinajstić information content (AvgIpc) is 2.81. The number of nitrogens with one attached hydrogen (secondary N) is 3. The summed E-state index contributed by atoms with van der Waals surface area (Å²) in [6.45, 7) is 5.47. The predicted molar refractivity (Wildman–Crippen MR) is 135 cm³/mol. The van der Waals surface area contributed by atoms with Gasteiger partial charge in [0.05, 0.1) is 12.1 Å². The summed E-state index contributed by atoms with van der Waals surface area (Å²) in [5, 5.41) is 26.5. The summed E-state index contributed by atoms with van der Waals surface area (Å²) >= 11 is 0. The number of hydrogen-bond donors (Lipinski definition) is 9. The zero-order valence-corrected chi connectivity index (χ0v) is 21.4. The molecule has 3 amide bonds. The summed E-state index contributed by atoms with van der Waals surface area (Å²) in [5.41, 5.74) is 22.0. The highest BCUT2D eigenvalue weighted by molar-refractivity contribution is 5.94. The van der Waals surface area contributed by atoms with Crippen molar-refractivity contribution >= 4 is 29.7 Å². The molecule has 0 aromatic carbocycles. The smallest absolute Gasteiger partial charge is 0.328 e. The molecule has 13 N–H and O–H groups in total. The molecule has 0 spiro atoms. The summed E-state index contributed by atoms with van der Waals surface area (Å²) < 4.78 is 0. The van der Waals surface area contributed by atoms with E-state index in [1.807, 2.05) is 6.92 Å². The van der Waals surface area contributed by atoms with Crippen LogP contribution < -0.4 is 38.9 Å². The van der Waals surface area contributed by atoms with Gasteiger partial charge in [-0.1, -0.05) is 20.3 Å². The highest BCUT2D eigenvalue weighted by Gasteiger charge is 2.33. The van der Waals surface area contributed by atoms with Crippen LogP contribution in [0.3, 0.4) is 0 Å². The minimum atomic E-state index is -1.54. The zero-order chi connectivity index (χ0) is 27.8. The van der Waals surface area contributed by atoms with Gasteiger partial charge in [0, 0.05) is 6.54 Å². The van der Waals surface area contributed by atoms with Crippen molar-refractivity contribution in [3.05, 3.63) is 0 Å². The van der Waals surface area contributed by atoms with Crippen LogP contribution in [0.2, 0.25) is 0 Å². The zero-order valence-electron chi connectivity index (χ0n) is 21.4. The van der Waals surface area contributed by atoms with Crippen LogP contribution in [0, 0.1) is 5.92 Å². The molecule has 0 saturated heterocycles. The number of unbranched alkanes of at least 4 members (excludes halogenated alkanes) is 1. The number of aliphatic carboxylic acids is 1. The molecule has 0 heterocycles. The fourth-order valence-electron chi connectivity index (χ4n) is 3.28. The van der Waals surface area contributed by atoms with Crippen molar-refractivity contribution in [2.75, 3.05) is 13.1 Å². The third kappa shape index (κ3) is 12.7. The van der Waals surface area contributed by atoms with E-state index in [2.05, 4.69) is 20.9 Å². The molecule has 0 aliphatic heterocycles. The molecule has 0 rings (SSSR count). The van der Waals surface area contributed by atoms with Crippen LogP contribution in [0.4, 0.5) is 0 Å². The minimum Gasteiger partial charge on any atom is -0.480 e. The van der Waals surface area contributed by atoms with Crippen molar-refractivity contribution in [1.82, 2.24) is 16.0 Å². The fraction of sp³-hybridized carbons (Fsp3) is 0.773. The van der Waals surface area contributed by atoms with Gasteiger partial charge in [0.15, 0.2) is 12.0 Å². The molecule has 0 radical (unpaired) electrons. The number of aliphatic imine (C=N–C) groups is 1. The van der Waals surface area contributed by atoms with Crippen LogP contribution in [-0.2, 0) is 19.2 Å². The van der Waals surface area contributed by atoms with Gasteiger partial charge in [-0.15, -0.1) is 0 Å². The van der Waals surface area contributed by atoms with Gasteiger partial charge in [0.1, 0.15) is 12.1 Å². The van der Waals surface area contributed by atoms with Crippen molar-refractivity contribution < 1.29 is 29.4 Å². The maximum absolute atomic E-state index is 13.1. The van der Waals surface area contributed by atoms with Crippen LogP contribution >= 0.6 is 0 Å². The maximum atomic E-state index is 13.1. The first-order valence-electron chi connectivity index (χ1n) is 12.2. The van der Waals surface area contributed by atoms with E-state index in [0.29, 0.717) is 38.8 Å². The molecule has 14 nitrogen and oxygen atoms in total. The lowest BCUT2D eigenvalue weighted by atomic mass is 9.96. The Balaban J connectivity index is 5.46. The van der Waals surface area contributed by atoms with E-state index in [-0.39, 0.29) is 24.7 Å². The van der Waals surface area contributed by atoms with E-state index >= 15 is 0 Å². The standard InChI is InChI=1S/C22H44N8O6/c1-4-12(2)16(20(34)30-17(13(3)31)21(35)36)29-19(33)15(9-5-6-10-23)28-18(32)14(24)8-7-11-27-22(25)26/h12-17,31H,4-11,23-24H2,1-3H3,(H,28,32)(H,29,33)(H,30,34)(H,35,36)(H4,25,26,27). The van der Waals surface area contributed by atoms with Gasteiger partial charge in [-0.05, 0) is 51.5 Å². The Morgan fingerprint density at radius 2 is 1.50 bits per heavy atom. The third-order valence-electron chi connectivity index (χ3n) is 5.72. The van der Waals surface area contributed by atoms with E-state index in [4.69, 9.17) is 22.9 Å². The van der Waals surface area contributed by atoms with Gasteiger partial charge in [-0.25, -0.2) is 4.79 Å². The fourth-order valence-corrected chi connectivity index (χ4v) is 3.28. The van der Waals surface area contributed by atoms with Crippen molar-refractivity contribution in [2.24, 2.45) is 33.8 Å². The highest BCUT2D eigenvalue weighted by atomic mass is 16.4. The highest BCUT2D eigenvalue weighted by Crippen LogP contribution is 2.11. The van der Waals surface area contributed by atoms with Gasteiger partial charge in [-0.2, -0.15) is 0 Å². The Hall–Kier alpha value is -2.97. The number of guanidine groups is 1. The largest absolute Gasteiger partial charge is 0.480 e. The Bertz CT molecular complexity index is 744. The number of aliphatic hydroxyl groups excluding tert-OH is 1. The summed E-state index contributed by atoms with van der Waals surface area (Å²) in [6, 6.07) is -4.53. The number of nitrogens with zero attached hydrogens (tertiary/aromatic N) is 1. The third-order valence-corrected chi connectivity index (χ3v) is 5.72. The number of carboxylic acid groups (broad SMARTS) is 1. The van der Waals surface area contributed by atoms with Crippen molar-refractivity contribution in [1.29, 1.82) is 0 Å². The van der Waals surface area contributed by atoms with Crippen LogP contribution in [0.15, 0.2) is 4.99 Å². The molecule has 0 aromatic heterocycles. The van der Waals surface area contributed by atoms with Crippen LogP contribution in [0.5, 0.6) is 0 Å². The van der Waals surface area contributed by atoms with Gasteiger partial charge in [-0.3, -0.25) is 19.4 Å². The number of carboxylic acids is 1. The number of hydrogen-bond acceptors (Lipinski definition) is 8. The summed E-state index contributed by atoms with van der Waals surface area (Å²) in [7, 11) is 0. The molecule has 6 unspecified atom stereocenters. The monoisotopic (exact) mass is 516 g/mol. The first-order valence-corrected chi connectivity index (χ1v) is 12.2. The van der Waals surface area contributed by atoms with Gasteiger partial charge in [0.2, 0.25) is 17.7 Å². The maximum Gasteiger partial charge on any atom is 0.328 e. The Morgan fingerprint density at radius 1 is 0.889 bits per heavy atom. The predicted octanol–water partition coefficient (Wildman–Crippen LogP) is -2.54. The normalized spacial score (nSPS) is 15.9. The number of rotatable bonds is 18. The minimum absolute atomic E-state index is 0.0623. The molecular formula is C22H44N8O6. The molecule has 0 fully saturated rings. The Labute approximate surface area is 212 Å². The molecule has 0 bridgehead atoms. The number of amides is 3. The van der Waals surface area contributed by atoms with Crippen molar-refractivity contribution in [3.63, 3.8) is 0 Å². The molecule has 6 atom stereocenters. The van der Waals surface area contributed by atoms with Crippen molar-refractivity contribution in [2.45, 2.75) is 89.6 Å². The number of carbonyl (C=O) groups is 4. The topological polar surface area (TPSA) is 261 Å². The van der Waals surface area contributed by atoms with E-state index in [0.717, 1.165) is 0 Å². The molecule has 0 saturated carbocycles. The second-order valence-electron chi connectivity index (χ2n) is 8.84. The molecule has 14 heteroatoms. The van der Waals surface area contributed by atoms with E-state index in [1.165, 1.54) is 6.92 Å². The molecular weight excluding hydrogens is 472 g/mol. The lowest BCUT2D eigenvalue weighted by Crippen LogP contribution is -2.59. The average molecular weight is 517 g/mol. The Kier molecular flexibility index (Phi) is 16.0. The number of nitrogens with two attached hydrogens (primary N) is 4. The van der Waals surface area contributed by atoms with E-state index in [9.17, 15) is 29.4 Å². The first-order chi connectivity index (χ1) is 16.8. The quantitative estimate of drug-likeness (QED) is 0.0523. The lowest BCUT2D eigenvalue weighted by Gasteiger charge is -2.28. The van der Waals surface area contributed by atoms with Crippen LogP contribution in [0.25, 0.3) is 0 Å². The lowest BCUT2D eigenvalue weighted by molar-refractivity contribution is -0.145. The molecule has 208 valence electrons. The molecule has 0 aromatic rings. The SMILES string of the molecule is CCC(C)C(NC(=O)C(CCCCN)NC(=O)C(N)CCCN=C(N)N)C(=O)NC(C(=O)O)C(C)O. The van der Waals surface area contributed by atoms with Crippen molar-refractivity contribution in [3.8, 4) is 0 Å². The Morgan fingerprint density at radius 3 is 2.00 bits per heavy atom. The molecule has 0 aliphatic rings. The number of carbonyl (C=O) groups excluding carboxylic acids is 3. The summed E-state index contributed by atoms with van der Waals surface area (Å²) in [4.78, 5) is 53.8. The first kappa shape index (κ1) is 33.0. The second kappa shape index (κ2) is 17.5. The van der Waals surface area contributed by atoms with Crippen LogP contribution in [-0.4, -0.2) is 83.2 Å². The second-order valence-corrected chi connectivity index (χ2v) is 8.84. The number of aliphatic hydroxyl groups is 1. The van der Waals surface area contributed by atoms with Crippen LogP contribution in [0.1, 0.15) is 59.3 Å². The molecule has 0 aliphatic carbocycles. The van der Waals surface area contributed by atoms with Gasteiger partial charge in [0.25, 0.3) is 0 Å². The summed E-state index contributed by atoms with van der Waals surface area (Å²) in [5.74, 6) is -3.75. The van der Waals surface area contributed by atoms with Gasteiger partial charge >= 0.3 is 5.97 Å². The summed E-state index contributed by atoms with van der Waals surface area (Å²) in [6.07, 6.45) is 1.31. The molecule has 36 heavy (non-hydrogen) atoms. The van der Waals surface area contributed by atoms with E-state index in [1.54, 1.807) is 6.92 Å². The van der Waals surface area contributed by atoms with Gasteiger partial charge < -0.3 is 49.1 Å². The van der Waals surface area contributed by atoms with E-state index < -0.39 is 54.0 Å².